The van der Waals surface area contributed by atoms with Gasteiger partial charge in [-0.1, -0.05) is 38.1 Å². The van der Waals surface area contributed by atoms with E-state index in [4.69, 9.17) is 4.74 Å². The molecule has 0 fully saturated rings. The van der Waals surface area contributed by atoms with Gasteiger partial charge in [0.15, 0.2) is 6.61 Å². The molecule has 0 aromatic heterocycles. The lowest BCUT2D eigenvalue weighted by Crippen LogP contribution is -2.41. The number of para-hydroxylation sites is 2. The third kappa shape index (κ3) is 5.37. The second kappa shape index (κ2) is 9.91. The highest BCUT2D eigenvalue weighted by atomic mass is 16.5. The highest BCUT2D eigenvalue weighted by Crippen LogP contribution is 2.31. The lowest BCUT2D eigenvalue weighted by Gasteiger charge is -2.29. The van der Waals surface area contributed by atoms with Crippen LogP contribution in [-0.2, 0) is 20.9 Å². The quantitative estimate of drug-likeness (QED) is 0.701. The molecule has 1 atom stereocenters. The molecule has 3 amide bonds. The lowest BCUT2D eigenvalue weighted by molar-refractivity contribution is -0.122. The molecule has 1 aliphatic rings. The molecule has 1 unspecified atom stereocenters. The number of hydrogen-bond acceptors (Lipinski definition) is 4. The van der Waals surface area contributed by atoms with Crippen LogP contribution in [0.3, 0.4) is 0 Å². The molecule has 2 aromatic rings. The van der Waals surface area contributed by atoms with Gasteiger partial charge in [0.1, 0.15) is 5.75 Å². The first-order valence-electron chi connectivity index (χ1n) is 10.2. The fourth-order valence-electron chi connectivity index (χ4n) is 3.11. The molecule has 7 nitrogen and oxygen atoms in total. The largest absolute Gasteiger partial charge is 0.482 e. The summed E-state index contributed by atoms with van der Waals surface area (Å²) >= 11 is 0. The van der Waals surface area contributed by atoms with Gasteiger partial charge < -0.3 is 20.3 Å². The summed E-state index contributed by atoms with van der Waals surface area (Å²) in [6.45, 7) is 4.47. The SMILES string of the molecule is CCC(C)C(=O)Nc1cccc(CNC(=O)CCN2C(=O)COc3ccccc32)c1. The number of hydrogen-bond donors (Lipinski definition) is 2. The van der Waals surface area contributed by atoms with Crippen LogP contribution in [0.4, 0.5) is 11.4 Å². The Bertz CT molecular complexity index is 928. The topological polar surface area (TPSA) is 87.7 Å². The van der Waals surface area contributed by atoms with Gasteiger partial charge in [0, 0.05) is 31.1 Å². The number of anilines is 2. The highest BCUT2D eigenvalue weighted by Gasteiger charge is 2.25. The summed E-state index contributed by atoms with van der Waals surface area (Å²) in [6, 6.07) is 14.7. The Labute approximate surface area is 176 Å². The summed E-state index contributed by atoms with van der Waals surface area (Å²) in [7, 11) is 0. The number of carbonyl (C=O) groups excluding carboxylic acids is 3. The molecule has 1 aliphatic heterocycles. The van der Waals surface area contributed by atoms with Crippen LogP contribution in [0.15, 0.2) is 48.5 Å². The van der Waals surface area contributed by atoms with Gasteiger partial charge >= 0.3 is 0 Å². The zero-order chi connectivity index (χ0) is 21.5. The van der Waals surface area contributed by atoms with E-state index in [1.54, 1.807) is 4.90 Å². The third-order valence-corrected chi connectivity index (χ3v) is 5.11. The molecule has 2 aromatic carbocycles. The molecule has 30 heavy (non-hydrogen) atoms. The average Bonchev–Trinajstić information content (AvgIpc) is 2.76. The van der Waals surface area contributed by atoms with Crippen LogP contribution in [0.5, 0.6) is 5.75 Å². The Hall–Kier alpha value is -3.35. The summed E-state index contributed by atoms with van der Waals surface area (Å²) in [5.74, 6) is 0.261. The number of amides is 3. The van der Waals surface area contributed by atoms with Crippen molar-refractivity contribution < 1.29 is 19.1 Å². The normalized spacial score (nSPS) is 13.8. The van der Waals surface area contributed by atoms with Gasteiger partial charge in [-0.05, 0) is 36.2 Å². The number of rotatable bonds is 8. The molecule has 3 rings (SSSR count). The van der Waals surface area contributed by atoms with E-state index in [1.165, 1.54) is 0 Å². The summed E-state index contributed by atoms with van der Waals surface area (Å²) in [5.41, 5.74) is 2.28. The van der Waals surface area contributed by atoms with E-state index in [2.05, 4.69) is 10.6 Å². The predicted octanol–water partition coefficient (Wildman–Crippen LogP) is 3.10. The molecule has 0 saturated carbocycles. The van der Waals surface area contributed by atoms with Gasteiger partial charge in [-0.3, -0.25) is 14.4 Å². The maximum atomic E-state index is 12.3. The maximum absolute atomic E-state index is 12.3. The van der Waals surface area contributed by atoms with Crippen LogP contribution in [0, 0.1) is 5.92 Å². The van der Waals surface area contributed by atoms with Gasteiger partial charge in [-0.25, -0.2) is 0 Å². The van der Waals surface area contributed by atoms with Crippen LogP contribution < -0.4 is 20.3 Å². The maximum Gasteiger partial charge on any atom is 0.265 e. The monoisotopic (exact) mass is 409 g/mol. The van der Waals surface area contributed by atoms with Gasteiger partial charge in [0.25, 0.3) is 5.91 Å². The number of nitrogens with zero attached hydrogens (tertiary/aromatic N) is 1. The van der Waals surface area contributed by atoms with E-state index in [0.29, 0.717) is 23.7 Å². The standard InChI is InChI=1S/C23H27N3O4/c1-3-16(2)23(29)25-18-8-6-7-17(13-18)14-24-21(27)11-12-26-19-9-4-5-10-20(19)30-15-22(26)28/h4-10,13,16H,3,11-12,14-15H2,1-2H3,(H,24,27)(H,25,29). The van der Waals surface area contributed by atoms with E-state index in [9.17, 15) is 14.4 Å². The van der Waals surface area contributed by atoms with Crippen molar-refractivity contribution in [2.75, 3.05) is 23.4 Å². The zero-order valence-corrected chi connectivity index (χ0v) is 17.3. The molecule has 0 radical (unpaired) electrons. The first kappa shape index (κ1) is 21.4. The van der Waals surface area contributed by atoms with Crippen LogP contribution in [-0.4, -0.2) is 30.9 Å². The summed E-state index contributed by atoms with van der Waals surface area (Å²) in [4.78, 5) is 38.1. The van der Waals surface area contributed by atoms with Crippen molar-refractivity contribution in [1.29, 1.82) is 0 Å². The van der Waals surface area contributed by atoms with E-state index in [-0.39, 0.29) is 43.2 Å². The molecular formula is C23H27N3O4. The molecule has 0 saturated heterocycles. The molecular weight excluding hydrogens is 382 g/mol. The van der Waals surface area contributed by atoms with Crippen LogP contribution in [0.25, 0.3) is 0 Å². The fourth-order valence-corrected chi connectivity index (χ4v) is 3.11. The van der Waals surface area contributed by atoms with Crippen molar-refractivity contribution in [1.82, 2.24) is 5.32 Å². The van der Waals surface area contributed by atoms with Gasteiger partial charge in [-0.15, -0.1) is 0 Å². The van der Waals surface area contributed by atoms with Crippen LogP contribution in [0.1, 0.15) is 32.3 Å². The van der Waals surface area contributed by atoms with Crippen LogP contribution >= 0.6 is 0 Å². The summed E-state index contributed by atoms with van der Waals surface area (Å²) in [6.07, 6.45) is 0.961. The van der Waals surface area contributed by atoms with Crippen molar-refractivity contribution in [3.63, 3.8) is 0 Å². The molecule has 7 heteroatoms. The van der Waals surface area contributed by atoms with Crippen molar-refractivity contribution in [3.8, 4) is 5.75 Å². The van der Waals surface area contributed by atoms with E-state index >= 15 is 0 Å². The van der Waals surface area contributed by atoms with E-state index in [1.807, 2.05) is 62.4 Å². The van der Waals surface area contributed by atoms with Crippen molar-refractivity contribution in [2.24, 2.45) is 5.92 Å². The fraction of sp³-hybridized carbons (Fsp3) is 0.348. The second-order valence-electron chi connectivity index (χ2n) is 7.33. The van der Waals surface area contributed by atoms with Crippen molar-refractivity contribution in [3.05, 3.63) is 54.1 Å². The molecule has 158 valence electrons. The zero-order valence-electron chi connectivity index (χ0n) is 17.3. The van der Waals surface area contributed by atoms with Gasteiger partial charge in [0.05, 0.1) is 5.69 Å². The Morgan fingerprint density at radius 1 is 1.17 bits per heavy atom. The smallest absolute Gasteiger partial charge is 0.265 e. The van der Waals surface area contributed by atoms with Crippen molar-refractivity contribution in [2.45, 2.75) is 33.2 Å². The minimum atomic E-state index is -0.161. The van der Waals surface area contributed by atoms with E-state index < -0.39 is 0 Å². The molecule has 0 spiro atoms. The Morgan fingerprint density at radius 2 is 1.97 bits per heavy atom. The predicted molar refractivity (Wildman–Crippen MR) is 115 cm³/mol. The highest BCUT2D eigenvalue weighted by molar-refractivity contribution is 5.98. The van der Waals surface area contributed by atoms with E-state index in [0.717, 1.165) is 12.0 Å². The number of fused-ring (bicyclic) bond motifs is 1. The summed E-state index contributed by atoms with van der Waals surface area (Å²) < 4.78 is 5.42. The van der Waals surface area contributed by atoms with Gasteiger partial charge in [-0.2, -0.15) is 0 Å². The van der Waals surface area contributed by atoms with Gasteiger partial charge in [0.2, 0.25) is 11.8 Å². The molecule has 2 N–H and O–H groups in total. The number of benzene rings is 2. The Morgan fingerprint density at radius 3 is 2.77 bits per heavy atom. The average molecular weight is 409 g/mol. The van der Waals surface area contributed by atoms with Crippen LogP contribution in [0.2, 0.25) is 0 Å². The number of nitrogens with one attached hydrogen (secondary N) is 2. The third-order valence-electron chi connectivity index (χ3n) is 5.11. The Kier molecular flexibility index (Phi) is 7.06. The molecule has 0 bridgehead atoms. The number of ether oxygens (including phenoxy) is 1. The number of carbonyl (C=O) groups is 3. The second-order valence-corrected chi connectivity index (χ2v) is 7.33. The minimum Gasteiger partial charge on any atom is -0.482 e. The molecule has 1 heterocycles. The van der Waals surface area contributed by atoms with Crippen molar-refractivity contribution >= 4 is 29.1 Å². The first-order chi connectivity index (χ1) is 14.5. The lowest BCUT2D eigenvalue weighted by atomic mass is 10.1. The summed E-state index contributed by atoms with van der Waals surface area (Å²) in [5, 5.41) is 5.77. The first-order valence-corrected chi connectivity index (χ1v) is 10.2. The molecule has 0 aliphatic carbocycles. The Balaban J connectivity index is 1.51. The minimum absolute atomic E-state index is 0.0193.